The number of nitrogens with zero attached hydrogens (tertiary/aromatic N) is 1. The number of hydrogen-bond donors (Lipinski definition) is 2. The van der Waals surface area contributed by atoms with E-state index in [2.05, 4.69) is 10.2 Å². The van der Waals surface area contributed by atoms with Crippen LogP contribution in [0.25, 0.3) is 0 Å². The Kier molecular flexibility index (Phi) is 6.00. The van der Waals surface area contributed by atoms with Crippen molar-refractivity contribution in [1.29, 1.82) is 0 Å². The van der Waals surface area contributed by atoms with E-state index >= 15 is 0 Å². The molecule has 5 nitrogen and oxygen atoms in total. The summed E-state index contributed by atoms with van der Waals surface area (Å²) in [6.07, 6.45) is 0. The van der Waals surface area contributed by atoms with Crippen molar-refractivity contribution in [1.82, 2.24) is 10.2 Å². The fraction of sp³-hybridized carbons (Fsp3) is 0.278. The van der Waals surface area contributed by atoms with E-state index in [0.717, 1.165) is 17.9 Å². The number of nitrogens with one attached hydrogen (secondary N) is 1. The minimum absolute atomic E-state index is 0.189. The monoisotopic (exact) mass is 313 g/mol. The number of hydrogen-bond acceptors (Lipinski definition) is 4. The van der Waals surface area contributed by atoms with Gasteiger partial charge >= 0.3 is 0 Å². The summed E-state index contributed by atoms with van der Waals surface area (Å²) >= 11 is 0. The van der Waals surface area contributed by atoms with Crippen molar-refractivity contribution in [3.8, 4) is 5.75 Å². The topological polar surface area (TPSA) is 67.6 Å². The van der Waals surface area contributed by atoms with Crippen LogP contribution in [0.2, 0.25) is 0 Å². The van der Waals surface area contributed by atoms with Gasteiger partial charge in [-0.05, 0) is 32.3 Å². The van der Waals surface area contributed by atoms with Crippen molar-refractivity contribution in [2.75, 3.05) is 33.0 Å². The first-order valence-electron chi connectivity index (χ1n) is 7.56. The van der Waals surface area contributed by atoms with E-state index in [0.29, 0.717) is 24.4 Å². The van der Waals surface area contributed by atoms with E-state index in [9.17, 15) is 4.79 Å². The highest BCUT2D eigenvalue weighted by atomic mass is 16.5. The molecule has 0 saturated carbocycles. The van der Waals surface area contributed by atoms with E-state index in [1.54, 1.807) is 24.3 Å². The Morgan fingerprint density at radius 2 is 1.83 bits per heavy atom. The van der Waals surface area contributed by atoms with Crippen LogP contribution in [0.3, 0.4) is 0 Å². The van der Waals surface area contributed by atoms with Gasteiger partial charge in [-0.15, -0.1) is 0 Å². The molecule has 0 spiro atoms. The fourth-order valence-electron chi connectivity index (χ4n) is 2.10. The Labute approximate surface area is 137 Å². The first kappa shape index (κ1) is 16.8. The number of para-hydroxylation sites is 2. The highest BCUT2D eigenvalue weighted by molar-refractivity contribution is 5.99. The van der Waals surface area contributed by atoms with Crippen LogP contribution in [0.15, 0.2) is 48.5 Å². The van der Waals surface area contributed by atoms with Crippen LogP contribution in [0.4, 0.5) is 5.69 Å². The molecule has 0 fully saturated rings. The molecule has 23 heavy (non-hydrogen) atoms. The average molecular weight is 313 g/mol. The van der Waals surface area contributed by atoms with Gasteiger partial charge in [-0.25, -0.2) is 0 Å². The predicted octanol–water partition coefficient (Wildman–Crippen LogP) is 2.14. The molecule has 0 saturated heterocycles. The molecule has 0 aliphatic carbocycles. The summed E-state index contributed by atoms with van der Waals surface area (Å²) in [6.45, 7) is 1.83. The molecule has 0 heterocycles. The van der Waals surface area contributed by atoms with E-state index in [1.807, 2.05) is 38.4 Å². The van der Waals surface area contributed by atoms with Crippen LogP contribution < -0.4 is 15.8 Å². The van der Waals surface area contributed by atoms with Gasteiger partial charge in [-0.2, -0.15) is 0 Å². The lowest BCUT2D eigenvalue weighted by Gasteiger charge is -2.14. The molecule has 0 aliphatic rings. The second-order valence-corrected chi connectivity index (χ2v) is 5.53. The molecule has 3 N–H and O–H groups in total. The van der Waals surface area contributed by atoms with Gasteiger partial charge in [0.2, 0.25) is 0 Å². The Bertz CT molecular complexity index is 656. The van der Waals surface area contributed by atoms with Crippen molar-refractivity contribution >= 4 is 11.6 Å². The summed E-state index contributed by atoms with van der Waals surface area (Å²) in [5.74, 6) is 0.599. The zero-order chi connectivity index (χ0) is 16.7. The number of benzene rings is 2. The second kappa shape index (κ2) is 8.19. The van der Waals surface area contributed by atoms with Crippen LogP contribution in [-0.2, 0) is 6.54 Å². The summed E-state index contributed by atoms with van der Waals surface area (Å²) in [5, 5.41) is 2.89. The van der Waals surface area contributed by atoms with Gasteiger partial charge in [0.1, 0.15) is 12.4 Å². The molecule has 122 valence electrons. The lowest BCUT2D eigenvalue weighted by molar-refractivity contribution is 0.0951. The molecule has 0 bridgehead atoms. The molecular formula is C18H23N3O2. The largest absolute Gasteiger partial charge is 0.492 e. The minimum atomic E-state index is -0.189. The molecule has 2 aromatic rings. The van der Waals surface area contributed by atoms with Crippen LogP contribution >= 0.6 is 0 Å². The number of nitrogen functional groups attached to an aromatic ring is 1. The van der Waals surface area contributed by atoms with Crippen LogP contribution in [0.5, 0.6) is 5.75 Å². The molecule has 0 atom stereocenters. The minimum Gasteiger partial charge on any atom is -0.492 e. The van der Waals surface area contributed by atoms with Crippen molar-refractivity contribution in [2.24, 2.45) is 0 Å². The SMILES string of the molecule is CN(C)CCOc1ccccc1CNC(=O)c1ccccc1N. The summed E-state index contributed by atoms with van der Waals surface area (Å²) < 4.78 is 5.79. The zero-order valence-corrected chi connectivity index (χ0v) is 13.6. The number of rotatable bonds is 7. The zero-order valence-electron chi connectivity index (χ0n) is 13.6. The highest BCUT2D eigenvalue weighted by Crippen LogP contribution is 2.18. The Balaban J connectivity index is 1.98. The summed E-state index contributed by atoms with van der Waals surface area (Å²) in [5.41, 5.74) is 7.72. The third-order valence-corrected chi connectivity index (χ3v) is 3.41. The number of carbonyl (C=O) groups is 1. The number of likely N-dealkylation sites (N-methyl/N-ethyl adjacent to an activating group) is 1. The number of nitrogens with two attached hydrogens (primary N) is 1. The number of amides is 1. The number of ether oxygens (including phenoxy) is 1. The first-order chi connectivity index (χ1) is 11.1. The van der Waals surface area contributed by atoms with Crippen molar-refractivity contribution in [3.05, 3.63) is 59.7 Å². The average Bonchev–Trinajstić information content (AvgIpc) is 2.54. The molecule has 2 aromatic carbocycles. The van der Waals surface area contributed by atoms with Crippen molar-refractivity contribution in [2.45, 2.75) is 6.54 Å². The molecule has 0 unspecified atom stereocenters. The molecular weight excluding hydrogens is 290 g/mol. The molecule has 0 aromatic heterocycles. The van der Waals surface area contributed by atoms with Crippen molar-refractivity contribution in [3.63, 3.8) is 0 Å². The van der Waals surface area contributed by atoms with Gasteiger partial charge in [-0.1, -0.05) is 30.3 Å². The maximum atomic E-state index is 12.2. The van der Waals surface area contributed by atoms with E-state index in [4.69, 9.17) is 10.5 Å². The van der Waals surface area contributed by atoms with E-state index < -0.39 is 0 Å². The standard InChI is InChI=1S/C18H23N3O2/c1-21(2)11-12-23-17-10-6-3-7-14(17)13-20-18(22)15-8-4-5-9-16(15)19/h3-10H,11-13,19H2,1-2H3,(H,20,22). The van der Waals surface area contributed by atoms with Gasteiger partial charge in [0, 0.05) is 24.3 Å². The van der Waals surface area contributed by atoms with Crippen LogP contribution in [0, 0.1) is 0 Å². The van der Waals surface area contributed by atoms with Gasteiger partial charge in [-0.3, -0.25) is 4.79 Å². The summed E-state index contributed by atoms with van der Waals surface area (Å²) in [6, 6.07) is 14.7. The summed E-state index contributed by atoms with van der Waals surface area (Å²) in [4.78, 5) is 14.3. The molecule has 5 heteroatoms. The second-order valence-electron chi connectivity index (χ2n) is 5.53. The lowest BCUT2D eigenvalue weighted by Crippen LogP contribution is -2.24. The van der Waals surface area contributed by atoms with Gasteiger partial charge in [0.25, 0.3) is 5.91 Å². The van der Waals surface area contributed by atoms with E-state index in [-0.39, 0.29) is 5.91 Å². The molecule has 0 radical (unpaired) electrons. The van der Waals surface area contributed by atoms with Crippen LogP contribution in [-0.4, -0.2) is 38.1 Å². The number of carbonyl (C=O) groups excluding carboxylic acids is 1. The molecule has 0 aliphatic heterocycles. The normalized spacial score (nSPS) is 10.6. The van der Waals surface area contributed by atoms with Crippen molar-refractivity contribution < 1.29 is 9.53 Å². The third kappa shape index (κ3) is 5.00. The number of anilines is 1. The molecule has 1 amide bonds. The Morgan fingerprint density at radius 3 is 2.57 bits per heavy atom. The quantitative estimate of drug-likeness (QED) is 0.769. The predicted molar refractivity (Wildman–Crippen MR) is 92.5 cm³/mol. The Hall–Kier alpha value is -2.53. The lowest BCUT2D eigenvalue weighted by atomic mass is 10.1. The van der Waals surface area contributed by atoms with E-state index in [1.165, 1.54) is 0 Å². The van der Waals surface area contributed by atoms with Gasteiger partial charge < -0.3 is 20.7 Å². The Morgan fingerprint density at radius 1 is 1.13 bits per heavy atom. The summed E-state index contributed by atoms with van der Waals surface area (Å²) in [7, 11) is 4.00. The third-order valence-electron chi connectivity index (χ3n) is 3.41. The maximum Gasteiger partial charge on any atom is 0.253 e. The molecule has 2 rings (SSSR count). The first-order valence-corrected chi connectivity index (χ1v) is 7.56. The maximum absolute atomic E-state index is 12.2. The van der Waals surface area contributed by atoms with Gasteiger partial charge in [0.15, 0.2) is 0 Å². The highest BCUT2D eigenvalue weighted by Gasteiger charge is 2.10. The fourth-order valence-corrected chi connectivity index (χ4v) is 2.10. The van der Waals surface area contributed by atoms with Gasteiger partial charge in [0.05, 0.1) is 5.56 Å². The van der Waals surface area contributed by atoms with Crippen LogP contribution in [0.1, 0.15) is 15.9 Å². The smallest absolute Gasteiger partial charge is 0.253 e.